The largest absolute Gasteiger partial charge is 0.342 e. The fourth-order valence-electron chi connectivity index (χ4n) is 3.58. The van der Waals surface area contributed by atoms with Gasteiger partial charge in [0.25, 0.3) is 0 Å². The minimum Gasteiger partial charge on any atom is -0.342 e. The van der Waals surface area contributed by atoms with E-state index in [1.54, 1.807) is 0 Å². The Hall–Kier alpha value is -1.31. The highest BCUT2D eigenvalue weighted by atomic mass is 16.2. The molecule has 0 spiro atoms. The van der Waals surface area contributed by atoms with Gasteiger partial charge >= 0.3 is 0 Å². The van der Waals surface area contributed by atoms with E-state index in [0.29, 0.717) is 6.42 Å². The standard InChI is InChI=1S/C18H25NO/c1-18(2,3)13-6-7-14-12(11-13)5-9-16-15(14)8-10-17(20)19(16)4/h6-7,11,15-16H,5,8-10H2,1-4H3/i8D. The highest BCUT2D eigenvalue weighted by molar-refractivity contribution is 5.77. The molecule has 3 atom stereocenters. The van der Waals surface area contributed by atoms with Crippen molar-refractivity contribution in [2.75, 3.05) is 7.05 Å². The summed E-state index contributed by atoms with van der Waals surface area (Å²) in [6.07, 6.45) is 2.07. The maximum atomic E-state index is 12.0. The number of hydrogen-bond donors (Lipinski definition) is 0. The van der Waals surface area contributed by atoms with Gasteiger partial charge in [0.1, 0.15) is 0 Å². The molecule has 3 unspecified atom stereocenters. The molecule has 2 heteroatoms. The first-order chi connectivity index (χ1) is 9.79. The first-order valence-electron chi connectivity index (χ1n) is 8.18. The molecule has 0 radical (unpaired) electrons. The van der Waals surface area contributed by atoms with E-state index < -0.39 is 0 Å². The van der Waals surface area contributed by atoms with Crippen LogP contribution >= 0.6 is 0 Å². The number of likely N-dealkylation sites (N-methyl/N-ethyl adjacent to an activating group) is 1. The van der Waals surface area contributed by atoms with Crippen molar-refractivity contribution in [3.63, 3.8) is 0 Å². The predicted molar refractivity (Wildman–Crippen MR) is 82.0 cm³/mol. The molecule has 1 amide bonds. The second kappa shape index (κ2) is 4.61. The fourth-order valence-corrected chi connectivity index (χ4v) is 3.58. The average Bonchev–Trinajstić information content (AvgIpc) is 2.42. The molecular weight excluding hydrogens is 246 g/mol. The van der Waals surface area contributed by atoms with Crippen LogP contribution in [0.15, 0.2) is 18.2 Å². The van der Waals surface area contributed by atoms with Crippen molar-refractivity contribution in [1.82, 2.24) is 4.90 Å². The number of fused-ring (bicyclic) bond motifs is 3. The van der Waals surface area contributed by atoms with Gasteiger partial charge in [-0.2, -0.15) is 0 Å². The number of carbonyl (C=O) groups excluding carboxylic acids is 1. The molecule has 0 bridgehead atoms. The van der Waals surface area contributed by atoms with Crippen LogP contribution in [0.5, 0.6) is 0 Å². The Morgan fingerprint density at radius 3 is 2.75 bits per heavy atom. The third kappa shape index (κ3) is 2.15. The van der Waals surface area contributed by atoms with Gasteiger partial charge in [-0.25, -0.2) is 0 Å². The number of amides is 1. The summed E-state index contributed by atoms with van der Waals surface area (Å²) in [4.78, 5) is 13.8. The number of benzene rings is 1. The van der Waals surface area contributed by atoms with E-state index in [-0.39, 0.29) is 29.7 Å². The number of hydrogen-bond acceptors (Lipinski definition) is 1. The van der Waals surface area contributed by atoms with Crippen molar-refractivity contribution in [3.05, 3.63) is 34.9 Å². The van der Waals surface area contributed by atoms with Crippen LogP contribution in [0, 0.1) is 0 Å². The fraction of sp³-hybridized carbons (Fsp3) is 0.611. The summed E-state index contributed by atoms with van der Waals surface area (Å²) >= 11 is 0. The lowest BCUT2D eigenvalue weighted by atomic mass is 9.72. The van der Waals surface area contributed by atoms with Crippen LogP contribution in [-0.2, 0) is 16.6 Å². The molecule has 1 saturated heterocycles. The minimum absolute atomic E-state index is 0.131. The van der Waals surface area contributed by atoms with Crippen molar-refractivity contribution < 1.29 is 6.17 Å². The Morgan fingerprint density at radius 1 is 1.30 bits per heavy atom. The van der Waals surface area contributed by atoms with Gasteiger partial charge in [-0.15, -0.1) is 0 Å². The number of rotatable bonds is 0. The van der Waals surface area contributed by atoms with Crippen molar-refractivity contribution in [1.29, 1.82) is 0 Å². The quantitative estimate of drug-likeness (QED) is 0.706. The summed E-state index contributed by atoms with van der Waals surface area (Å²) in [5.41, 5.74) is 4.22. The van der Waals surface area contributed by atoms with Crippen molar-refractivity contribution in [3.8, 4) is 0 Å². The monoisotopic (exact) mass is 272 g/mol. The normalized spacial score (nSPS) is 30.6. The van der Waals surface area contributed by atoms with Gasteiger partial charge < -0.3 is 4.90 Å². The molecule has 1 aromatic rings. The molecule has 1 aromatic carbocycles. The smallest absolute Gasteiger partial charge is 0.222 e. The van der Waals surface area contributed by atoms with Crippen LogP contribution in [0.2, 0.25) is 0 Å². The second-order valence-electron chi connectivity index (χ2n) is 7.24. The number of nitrogens with zero attached hydrogens (tertiary/aromatic N) is 1. The maximum absolute atomic E-state index is 12.0. The lowest BCUT2D eigenvalue weighted by Crippen LogP contribution is -2.47. The van der Waals surface area contributed by atoms with E-state index in [9.17, 15) is 4.79 Å². The zero-order valence-electron chi connectivity index (χ0n) is 13.9. The molecule has 1 aliphatic heterocycles. The molecule has 1 fully saturated rings. The molecule has 20 heavy (non-hydrogen) atoms. The summed E-state index contributed by atoms with van der Waals surface area (Å²) in [5, 5.41) is 0. The molecule has 3 rings (SSSR count). The first-order valence-corrected chi connectivity index (χ1v) is 7.60. The summed E-state index contributed by atoms with van der Waals surface area (Å²) in [6.45, 7) is 6.71. The van der Waals surface area contributed by atoms with Gasteiger partial charge in [0.05, 0.1) is 0 Å². The van der Waals surface area contributed by atoms with Crippen LogP contribution in [0.4, 0.5) is 0 Å². The van der Waals surface area contributed by atoms with Gasteiger partial charge in [0, 0.05) is 26.8 Å². The van der Waals surface area contributed by atoms with E-state index in [0.717, 1.165) is 12.8 Å². The van der Waals surface area contributed by atoms with Crippen molar-refractivity contribution in [2.45, 2.75) is 63.8 Å². The molecule has 1 heterocycles. The van der Waals surface area contributed by atoms with E-state index >= 15 is 0 Å². The predicted octanol–water partition coefficient (Wildman–Crippen LogP) is 3.63. The highest BCUT2D eigenvalue weighted by Gasteiger charge is 2.37. The Morgan fingerprint density at radius 2 is 2.05 bits per heavy atom. The highest BCUT2D eigenvalue weighted by Crippen LogP contribution is 2.41. The average molecular weight is 272 g/mol. The van der Waals surface area contributed by atoms with E-state index in [4.69, 9.17) is 1.37 Å². The van der Waals surface area contributed by atoms with Gasteiger partial charge in [-0.3, -0.25) is 4.79 Å². The summed E-state index contributed by atoms with van der Waals surface area (Å²) in [5.74, 6) is 0.316. The SMILES string of the molecule is [2H]C1CC(=O)N(C)C2CCc3cc(C(C)(C)C)ccc3C12. The topological polar surface area (TPSA) is 20.3 Å². The number of likely N-dealkylation sites (tertiary alicyclic amines) is 1. The maximum Gasteiger partial charge on any atom is 0.222 e. The first kappa shape index (κ1) is 12.4. The molecule has 0 saturated carbocycles. The summed E-state index contributed by atoms with van der Waals surface area (Å²) < 4.78 is 8.38. The number of aryl methyl sites for hydroxylation is 1. The summed E-state index contributed by atoms with van der Waals surface area (Å²) in [6, 6.07) is 6.97. The zero-order valence-corrected chi connectivity index (χ0v) is 12.9. The van der Waals surface area contributed by atoms with Gasteiger partial charge in [0.15, 0.2) is 0 Å². The molecule has 1 aliphatic carbocycles. The van der Waals surface area contributed by atoms with Crippen LogP contribution < -0.4 is 0 Å². The van der Waals surface area contributed by atoms with E-state index in [2.05, 4.69) is 39.0 Å². The molecule has 2 aliphatic rings. The third-order valence-corrected chi connectivity index (χ3v) is 4.93. The molecule has 0 aromatic heterocycles. The molecule has 2 nitrogen and oxygen atoms in total. The van der Waals surface area contributed by atoms with Crippen LogP contribution in [0.3, 0.4) is 0 Å². The minimum atomic E-state index is -0.293. The Kier molecular flexibility index (Phi) is 2.87. The lowest BCUT2D eigenvalue weighted by molar-refractivity contribution is -0.135. The lowest BCUT2D eigenvalue weighted by Gasteiger charge is -2.43. The Balaban J connectivity index is 2.01. The van der Waals surface area contributed by atoms with Gasteiger partial charge in [-0.05, 0) is 41.3 Å². The second-order valence-corrected chi connectivity index (χ2v) is 7.24. The van der Waals surface area contributed by atoms with Crippen LogP contribution in [0.1, 0.15) is 64.0 Å². The zero-order chi connectivity index (χ0) is 15.4. The molecule has 108 valence electrons. The van der Waals surface area contributed by atoms with Gasteiger partial charge in [-0.1, -0.05) is 39.0 Å². The molecule has 0 N–H and O–H groups in total. The third-order valence-electron chi connectivity index (χ3n) is 4.93. The van der Waals surface area contributed by atoms with E-state index in [1.807, 2.05) is 11.9 Å². The number of carbonyl (C=O) groups is 1. The Labute approximate surface area is 123 Å². The van der Waals surface area contributed by atoms with Crippen molar-refractivity contribution in [2.24, 2.45) is 0 Å². The van der Waals surface area contributed by atoms with Crippen molar-refractivity contribution >= 4 is 5.91 Å². The summed E-state index contributed by atoms with van der Waals surface area (Å²) in [7, 11) is 1.90. The molecular formula is C18H25NO. The van der Waals surface area contributed by atoms with Gasteiger partial charge in [0.2, 0.25) is 5.91 Å². The Bertz CT molecular complexity index is 575. The van der Waals surface area contributed by atoms with Crippen LogP contribution in [0.25, 0.3) is 0 Å². The van der Waals surface area contributed by atoms with Crippen LogP contribution in [-0.4, -0.2) is 23.9 Å². The van der Waals surface area contributed by atoms with E-state index in [1.165, 1.54) is 16.7 Å². The number of piperidine rings is 1.